The van der Waals surface area contributed by atoms with Gasteiger partial charge in [-0.3, -0.25) is 9.69 Å². The molecule has 0 radical (unpaired) electrons. The average molecular weight is 265 g/mol. The fourth-order valence-corrected chi connectivity index (χ4v) is 2.71. The van der Waals surface area contributed by atoms with Crippen molar-refractivity contribution in [3.05, 3.63) is 0 Å². The number of piperazine rings is 1. The average Bonchev–Trinajstić information content (AvgIpc) is 2.41. The van der Waals surface area contributed by atoms with Crippen molar-refractivity contribution in [3.63, 3.8) is 0 Å². The Bertz CT molecular complexity index is 334. The lowest BCUT2D eigenvalue weighted by Crippen LogP contribution is -2.53. The maximum Gasteiger partial charge on any atom is 0.243 e. The number of hydrogen-bond donors (Lipinski definition) is 0. The first-order chi connectivity index (χ1) is 8.99. The quantitative estimate of drug-likeness (QED) is 0.765. The van der Waals surface area contributed by atoms with Gasteiger partial charge in [-0.25, -0.2) is 0 Å². The SMILES string of the molecule is CCC(C#N)(CC)C(=O)N1CCN(CC(C)C)CC1. The Morgan fingerprint density at radius 2 is 1.74 bits per heavy atom. The first-order valence-electron chi connectivity index (χ1n) is 7.42. The largest absolute Gasteiger partial charge is 0.339 e. The van der Waals surface area contributed by atoms with Crippen LogP contribution in [0.3, 0.4) is 0 Å². The van der Waals surface area contributed by atoms with Gasteiger partial charge < -0.3 is 4.90 Å². The van der Waals surface area contributed by atoms with E-state index in [1.807, 2.05) is 18.7 Å². The fourth-order valence-electron chi connectivity index (χ4n) is 2.71. The minimum atomic E-state index is -0.805. The van der Waals surface area contributed by atoms with Crippen molar-refractivity contribution in [3.8, 4) is 6.07 Å². The van der Waals surface area contributed by atoms with Gasteiger partial charge in [0, 0.05) is 32.7 Å². The van der Waals surface area contributed by atoms with Crippen molar-refractivity contribution < 1.29 is 4.79 Å². The first kappa shape index (κ1) is 16.0. The van der Waals surface area contributed by atoms with Crippen LogP contribution in [0.15, 0.2) is 0 Å². The van der Waals surface area contributed by atoms with Gasteiger partial charge in [0.15, 0.2) is 0 Å². The highest BCUT2D eigenvalue weighted by atomic mass is 16.2. The maximum atomic E-state index is 12.5. The molecule has 1 amide bonds. The van der Waals surface area contributed by atoms with Crippen LogP contribution in [0.25, 0.3) is 0 Å². The van der Waals surface area contributed by atoms with E-state index in [-0.39, 0.29) is 5.91 Å². The van der Waals surface area contributed by atoms with E-state index in [4.69, 9.17) is 0 Å². The van der Waals surface area contributed by atoms with Crippen molar-refractivity contribution in [2.24, 2.45) is 11.3 Å². The smallest absolute Gasteiger partial charge is 0.243 e. The molecule has 0 aromatic carbocycles. The Morgan fingerprint density at radius 3 is 2.11 bits per heavy atom. The number of carbonyl (C=O) groups excluding carboxylic acids is 1. The highest BCUT2D eigenvalue weighted by molar-refractivity contribution is 5.85. The maximum absolute atomic E-state index is 12.5. The second-order valence-electron chi connectivity index (χ2n) is 5.89. The Kier molecular flexibility index (Phi) is 5.81. The van der Waals surface area contributed by atoms with E-state index in [1.54, 1.807) is 0 Å². The van der Waals surface area contributed by atoms with Crippen LogP contribution in [0.1, 0.15) is 40.5 Å². The third kappa shape index (κ3) is 3.70. The van der Waals surface area contributed by atoms with Gasteiger partial charge in [0.1, 0.15) is 5.41 Å². The Morgan fingerprint density at radius 1 is 1.21 bits per heavy atom. The van der Waals surface area contributed by atoms with Crippen molar-refractivity contribution >= 4 is 5.91 Å². The summed E-state index contributed by atoms with van der Waals surface area (Å²) in [6.07, 6.45) is 1.20. The summed E-state index contributed by atoms with van der Waals surface area (Å²) >= 11 is 0. The van der Waals surface area contributed by atoms with Gasteiger partial charge in [-0.05, 0) is 18.8 Å². The highest BCUT2D eigenvalue weighted by Gasteiger charge is 2.39. The third-order valence-electron chi connectivity index (χ3n) is 4.11. The van der Waals surface area contributed by atoms with E-state index in [1.165, 1.54) is 0 Å². The number of nitrogens with zero attached hydrogens (tertiary/aromatic N) is 3. The summed E-state index contributed by atoms with van der Waals surface area (Å²) in [5, 5.41) is 9.34. The van der Waals surface area contributed by atoms with Crippen molar-refractivity contribution in [2.75, 3.05) is 32.7 Å². The van der Waals surface area contributed by atoms with Gasteiger partial charge in [0.05, 0.1) is 6.07 Å². The van der Waals surface area contributed by atoms with E-state index in [2.05, 4.69) is 24.8 Å². The van der Waals surface area contributed by atoms with Crippen LogP contribution in [0.2, 0.25) is 0 Å². The van der Waals surface area contributed by atoms with Crippen LogP contribution in [-0.2, 0) is 4.79 Å². The van der Waals surface area contributed by atoms with Crippen LogP contribution in [0.4, 0.5) is 0 Å². The molecule has 0 unspecified atom stereocenters. The molecule has 19 heavy (non-hydrogen) atoms. The predicted molar refractivity (Wildman–Crippen MR) is 76.5 cm³/mol. The zero-order chi connectivity index (χ0) is 14.5. The molecular weight excluding hydrogens is 238 g/mol. The Balaban J connectivity index is 2.60. The molecule has 4 heteroatoms. The number of rotatable bonds is 5. The predicted octanol–water partition coefficient (Wildman–Crippen LogP) is 2.12. The summed E-state index contributed by atoms with van der Waals surface area (Å²) in [4.78, 5) is 16.8. The number of amides is 1. The summed E-state index contributed by atoms with van der Waals surface area (Å²) in [5.74, 6) is 0.691. The van der Waals surface area contributed by atoms with E-state index in [0.29, 0.717) is 18.8 Å². The molecule has 1 heterocycles. The lowest BCUT2D eigenvalue weighted by Gasteiger charge is -2.38. The molecule has 1 aliphatic heterocycles. The summed E-state index contributed by atoms with van der Waals surface area (Å²) < 4.78 is 0. The minimum Gasteiger partial charge on any atom is -0.339 e. The molecule has 0 aromatic heterocycles. The van der Waals surface area contributed by atoms with Gasteiger partial charge in [-0.15, -0.1) is 0 Å². The monoisotopic (exact) mass is 265 g/mol. The van der Waals surface area contributed by atoms with Crippen LogP contribution in [0.5, 0.6) is 0 Å². The van der Waals surface area contributed by atoms with E-state index < -0.39 is 5.41 Å². The van der Waals surface area contributed by atoms with Crippen LogP contribution in [0, 0.1) is 22.7 Å². The van der Waals surface area contributed by atoms with Gasteiger partial charge in [0.25, 0.3) is 0 Å². The van der Waals surface area contributed by atoms with Gasteiger partial charge in [-0.2, -0.15) is 5.26 Å². The zero-order valence-corrected chi connectivity index (χ0v) is 12.8. The van der Waals surface area contributed by atoms with E-state index >= 15 is 0 Å². The number of carbonyl (C=O) groups is 1. The topological polar surface area (TPSA) is 47.3 Å². The molecule has 1 saturated heterocycles. The molecule has 0 saturated carbocycles. The summed E-state index contributed by atoms with van der Waals surface area (Å²) in [6, 6.07) is 2.25. The molecule has 4 nitrogen and oxygen atoms in total. The molecule has 0 atom stereocenters. The van der Waals surface area contributed by atoms with Crippen molar-refractivity contribution in [1.29, 1.82) is 5.26 Å². The lowest BCUT2D eigenvalue weighted by molar-refractivity contribution is -0.141. The molecular formula is C15H27N3O. The van der Waals surface area contributed by atoms with Crippen molar-refractivity contribution in [1.82, 2.24) is 9.80 Å². The normalized spacial score (nSPS) is 17.6. The van der Waals surface area contributed by atoms with Gasteiger partial charge in [-0.1, -0.05) is 27.7 Å². The molecule has 0 bridgehead atoms. The van der Waals surface area contributed by atoms with Crippen molar-refractivity contribution in [2.45, 2.75) is 40.5 Å². The molecule has 1 rings (SSSR count). The molecule has 108 valence electrons. The Labute approximate surface area is 117 Å². The van der Waals surface area contributed by atoms with Crippen LogP contribution < -0.4 is 0 Å². The molecule has 0 spiro atoms. The second kappa shape index (κ2) is 6.91. The molecule has 0 N–H and O–H groups in total. The zero-order valence-electron chi connectivity index (χ0n) is 12.8. The lowest BCUT2D eigenvalue weighted by atomic mass is 9.82. The second-order valence-corrected chi connectivity index (χ2v) is 5.89. The molecule has 0 aliphatic carbocycles. The molecule has 1 aliphatic rings. The summed E-state index contributed by atoms with van der Waals surface area (Å²) in [5.41, 5.74) is -0.805. The first-order valence-corrected chi connectivity index (χ1v) is 7.42. The van der Waals surface area contributed by atoms with Crippen LogP contribution in [-0.4, -0.2) is 48.4 Å². The highest BCUT2D eigenvalue weighted by Crippen LogP contribution is 2.28. The fraction of sp³-hybridized carbons (Fsp3) is 0.867. The number of nitriles is 1. The third-order valence-corrected chi connectivity index (χ3v) is 4.11. The standard InChI is InChI=1S/C15H27N3O/c1-5-15(6-2,12-16)14(19)18-9-7-17(8-10-18)11-13(3)4/h13H,5-11H2,1-4H3. The number of hydrogen-bond acceptors (Lipinski definition) is 3. The van der Waals surface area contributed by atoms with Crippen LogP contribution >= 0.6 is 0 Å². The molecule has 0 aromatic rings. The summed E-state index contributed by atoms with van der Waals surface area (Å²) in [7, 11) is 0. The van der Waals surface area contributed by atoms with E-state index in [9.17, 15) is 10.1 Å². The molecule has 1 fully saturated rings. The van der Waals surface area contributed by atoms with Gasteiger partial charge >= 0.3 is 0 Å². The minimum absolute atomic E-state index is 0.0317. The van der Waals surface area contributed by atoms with E-state index in [0.717, 1.165) is 32.7 Å². The summed E-state index contributed by atoms with van der Waals surface area (Å²) in [6.45, 7) is 12.8. The Hall–Kier alpha value is -1.08. The van der Waals surface area contributed by atoms with Gasteiger partial charge in [0.2, 0.25) is 5.91 Å².